The Morgan fingerprint density at radius 1 is 0.947 bits per heavy atom. The fraction of sp³-hybridized carbons (Fsp3) is 0.0625. The lowest BCUT2D eigenvalue weighted by atomic mass is 10.0. The van der Waals surface area contributed by atoms with Gasteiger partial charge in [-0.1, -0.05) is 24.3 Å². The zero-order valence-corrected chi connectivity index (χ0v) is 10.0. The monoisotopic (exact) mass is 247 g/mol. The molecule has 0 bridgehead atoms. The summed E-state index contributed by atoms with van der Waals surface area (Å²) < 4.78 is 10.8. The van der Waals surface area contributed by atoms with Gasteiger partial charge in [0.05, 0.1) is 6.07 Å². The van der Waals surface area contributed by atoms with Gasteiger partial charge in [0.25, 0.3) is 0 Å². The van der Waals surface area contributed by atoms with Crippen LogP contribution in [0.4, 0.5) is 0 Å². The molecule has 19 heavy (non-hydrogen) atoms. The third kappa shape index (κ3) is 1.31. The summed E-state index contributed by atoms with van der Waals surface area (Å²) in [5, 5.41) is 8.99. The van der Waals surface area contributed by atoms with Gasteiger partial charge in [0, 0.05) is 11.6 Å². The van der Waals surface area contributed by atoms with Gasteiger partial charge in [-0.15, -0.1) is 0 Å². The van der Waals surface area contributed by atoms with Crippen molar-refractivity contribution < 1.29 is 9.47 Å². The van der Waals surface area contributed by atoms with Crippen molar-refractivity contribution in [2.24, 2.45) is 0 Å². The largest absolute Gasteiger partial charge is 0.454 e. The van der Waals surface area contributed by atoms with Crippen LogP contribution in [0.1, 0.15) is 11.1 Å². The average Bonchev–Trinajstić information content (AvgIpc) is 3.01. The predicted octanol–water partition coefficient (Wildman–Crippen LogP) is 3.35. The van der Waals surface area contributed by atoms with Crippen LogP contribution in [-0.4, -0.2) is 6.79 Å². The zero-order valence-electron chi connectivity index (χ0n) is 10.0. The number of fused-ring (bicyclic) bond motifs is 4. The summed E-state index contributed by atoms with van der Waals surface area (Å²) in [6, 6.07) is 14.2. The molecule has 2 aromatic carbocycles. The number of allylic oxidation sites excluding steroid dienone is 1. The molecular formula is C16H9NO2. The number of hydrogen-bond donors (Lipinski definition) is 0. The Kier molecular flexibility index (Phi) is 1.95. The standard InChI is InChI=1S/C16H9NO2/c17-6-5-12-10-3-1-2-4-11(10)13-7-15-16(8-14(12)13)19-9-18-15/h1-5,7-8H,9H2/b12-5-. The minimum atomic E-state index is 0.261. The molecule has 0 spiro atoms. The van der Waals surface area contributed by atoms with Crippen molar-refractivity contribution in [1.29, 1.82) is 5.26 Å². The van der Waals surface area contributed by atoms with Crippen LogP contribution in [0.25, 0.3) is 16.7 Å². The highest BCUT2D eigenvalue weighted by Crippen LogP contribution is 2.49. The van der Waals surface area contributed by atoms with E-state index in [1.165, 1.54) is 0 Å². The maximum atomic E-state index is 8.99. The zero-order chi connectivity index (χ0) is 12.8. The lowest BCUT2D eigenvalue weighted by Gasteiger charge is -2.03. The van der Waals surface area contributed by atoms with Crippen LogP contribution in [0.5, 0.6) is 11.5 Å². The van der Waals surface area contributed by atoms with E-state index in [4.69, 9.17) is 14.7 Å². The van der Waals surface area contributed by atoms with Crippen LogP contribution < -0.4 is 9.47 Å². The summed E-state index contributed by atoms with van der Waals surface area (Å²) in [6.45, 7) is 0.261. The second-order valence-electron chi connectivity index (χ2n) is 4.48. The highest BCUT2D eigenvalue weighted by Gasteiger charge is 2.27. The molecule has 1 heterocycles. The van der Waals surface area contributed by atoms with Gasteiger partial charge in [-0.3, -0.25) is 0 Å². The first kappa shape index (κ1) is 10.2. The Morgan fingerprint density at radius 3 is 2.37 bits per heavy atom. The van der Waals surface area contributed by atoms with E-state index in [0.717, 1.165) is 39.3 Å². The highest BCUT2D eigenvalue weighted by atomic mass is 16.7. The molecule has 0 unspecified atom stereocenters. The van der Waals surface area contributed by atoms with Gasteiger partial charge in [0.15, 0.2) is 11.5 Å². The SMILES string of the molecule is N#C/C=C1/c2ccccc2-c2cc3c(cc21)OCO3. The molecule has 0 N–H and O–H groups in total. The Morgan fingerprint density at radius 2 is 1.63 bits per heavy atom. The van der Waals surface area contributed by atoms with Crippen LogP contribution in [0, 0.1) is 11.3 Å². The van der Waals surface area contributed by atoms with E-state index in [1.807, 2.05) is 30.3 Å². The Balaban J connectivity index is 2.06. The van der Waals surface area contributed by atoms with Gasteiger partial charge < -0.3 is 9.47 Å². The van der Waals surface area contributed by atoms with E-state index in [-0.39, 0.29) is 6.79 Å². The first-order chi connectivity index (χ1) is 9.38. The van der Waals surface area contributed by atoms with E-state index in [0.29, 0.717) is 0 Å². The minimum absolute atomic E-state index is 0.261. The van der Waals surface area contributed by atoms with Gasteiger partial charge in [0.2, 0.25) is 6.79 Å². The Labute approximate surface area is 110 Å². The third-order valence-corrected chi connectivity index (χ3v) is 3.52. The molecule has 0 atom stereocenters. The van der Waals surface area contributed by atoms with Crippen LogP contribution in [-0.2, 0) is 0 Å². The summed E-state index contributed by atoms with van der Waals surface area (Å²) in [5.41, 5.74) is 5.31. The van der Waals surface area contributed by atoms with Crippen molar-refractivity contribution in [3.8, 4) is 28.7 Å². The molecule has 1 aliphatic heterocycles. The van der Waals surface area contributed by atoms with Gasteiger partial charge >= 0.3 is 0 Å². The molecule has 0 saturated carbocycles. The normalized spacial score (nSPS) is 16.1. The van der Waals surface area contributed by atoms with Gasteiger partial charge in [0.1, 0.15) is 0 Å². The van der Waals surface area contributed by atoms with Crippen molar-refractivity contribution in [2.45, 2.75) is 0 Å². The molecule has 0 radical (unpaired) electrons. The van der Waals surface area contributed by atoms with E-state index >= 15 is 0 Å². The first-order valence-electron chi connectivity index (χ1n) is 6.02. The maximum Gasteiger partial charge on any atom is 0.231 e. The molecule has 0 aromatic heterocycles. The van der Waals surface area contributed by atoms with Gasteiger partial charge in [-0.2, -0.15) is 5.26 Å². The Hall–Kier alpha value is -2.73. The molecule has 3 heteroatoms. The smallest absolute Gasteiger partial charge is 0.231 e. The van der Waals surface area contributed by atoms with Gasteiger partial charge in [-0.25, -0.2) is 0 Å². The lowest BCUT2D eigenvalue weighted by molar-refractivity contribution is 0.174. The molecule has 0 fully saturated rings. The first-order valence-corrected chi connectivity index (χ1v) is 6.02. The molecule has 4 rings (SSSR count). The molecule has 0 saturated heterocycles. The van der Waals surface area contributed by atoms with Crippen molar-refractivity contribution >= 4 is 5.57 Å². The number of hydrogen-bond acceptors (Lipinski definition) is 3. The van der Waals surface area contributed by atoms with Crippen molar-refractivity contribution in [2.75, 3.05) is 6.79 Å². The number of nitriles is 1. The lowest BCUT2D eigenvalue weighted by Crippen LogP contribution is -1.93. The van der Waals surface area contributed by atoms with Crippen LogP contribution >= 0.6 is 0 Å². The second-order valence-corrected chi connectivity index (χ2v) is 4.48. The molecule has 2 aromatic rings. The fourth-order valence-electron chi connectivity index (χ4n) is 2.71. The topological polar surface area (TPSA) is 42.2 Å². The second kappa shape index (κ2) is 3.63. The number of nitrogens with zero attached hydrogens (tertiary/aromatic N) is 1. The summed E-state index contributed by atoms with van der Waals surface area (Å²) in [5.74, 6) is 1.52. The summed E-state index contributed by atoms with van der Waals surface area (Å²) in [6.07, 6.45) is 1.59. The number of benzene rings is 2. The predicted molar refractivity (Wildman–Crippen MR) is 70.7 cm³/mol. The van der Waals surface area contributed by atoms with E-state index in [1.54, 1.807) is 6.08 Å². The van der Waals surface area contributed by atoms with Crippen LogP contribution in [0.3, 0.4) is 0 Å². The number of ether oxygens (including phenoxy) is 2. The van der Waals surface area contributed by atoms with E-state index in [2.05, 4.69) is 12.1 Å². The molecular weight excluding hydrogens is 238 g/mol. The maximum absolute atomic E-state index is 8.99. The minimum Gasteiger partial charge on any atom is -0.454 e. The summed E-state index contributed by atoms with van der Waals surface area (Å²) in [7, 11) is 0. The fourth-order valence-corrected chi connectivity index (χ4v) is 2.71. The summed E-state index contributed by atoms with van der Waals surface area (Å²) >= 11 is 0. The molecule has 0 amide bonds. The molecule has 1 aliphatic carbocycles. The van der Waals surface area contributed by atoms with E-state index < -0.39 is 0 Å². The van der Waals surface area contributed by atoms with Crippen molar-refractivity contribution in [1.82, 2.24) is 0 Å². The van der Waals surface area contributed by atoms with Crippen LogP contribution in [0.2, 0.25) is 0 Å². The van der Waals surface area contributed by atoms with E-state index in [9.17, 15) is 0 Å². The Bertz CT molecular complexity index is 769. The molecule has 3 nitrogen and oxygen atoms in total. The third-order valence-electron chi connectivity index (χ3n) is 3.52. The summed E-state index contributed by atoms with van der Waals surface area (Å²) in [4.78, 5) is 0. The van der Waals surface area contributed by atoms with Crippen molar-refractivity contribution in [3.63, 3.8) is 0 Å². The highest BCUT2D eigenvalue weighted by molar-refractivity contribution is 6.02. The van der Waals surface area contributed by atoms with Gasteiger partial charge in [-0.05, 0) is 34.4 Å². The van der Waals surface area contributed by atoms with Crippen LogP contribution in [0.15, 0.2) is 42.5 Å². The number of rotatable bonds is 0. The molecule has 90 valence electrons. The van der Waals surface area contributed by atoms with Crippen molar-refractivity contribution in [3.05, 3.63) is 53.6 Å². The quantitative estimate of drug-likeness (QED) is 0.572. The molecule has 2 aliphatic rings. The average molecular weight is 247 g/mol.